The zero-order valence-corrected chi connectivity index (χ0v) is 12.6. The van der Waals surface area contributed by atoms with Crippen LogP contribution in [0.2, 0.25) is 0 Å². The third-order valence-electron chi connectivity index (χ3n) is 4.87. The topological polar surface area (TPSA) is 92.1 Å². The van der Waals surface area contributed by atoms with Crippen molar-refractivity contribution < 1.29 is 9.72 Å². The quantitative estimate of drug-likeness (QED) is 0.692. The highest BCUT2D eigenvalue weighted by Gasteiger charge is 2.54. The van der Waals surface area contributed by atoms with Gasteiger partial charge in [0.05, 0.1) is 11.0 Å². The van der Waals surface area contributed by atoms with E-state index in [2.05, 4.69) is 9.97 Å². The van der Waals surface area contributed by atoms with Crippen LogP contribution < -0.4 is 0 Å². The molecule has 120 valence electrons. The molecule has 0 spiro atoms. The van der Waals surface area contributed by atoms with Crippen LogP contribution in [0.1, 0.15) is 31.0 Å². The minimum atomic E-state index is -0.672. The number of carbonyl (C=O) groups is 1. The van der Waals surface area contributed by atoms with Gasteiger partial charge < -0.3 is 9.88 Å². The number of para-hydroxylation sites is 2. The number of imidazole rings is 1. The summed E-state index contributed by atoms with van der Waals surface area (Å²) >= 11 is 0. The number of aromatic nitrogens is 2. The molecule has 1 saturated heterocycles. The molecule has 1 N–H and O–H groups in total. The van der Waals surface area contributed by atoms with Crippen molar-refractivity contribution in [1.29, 1.82) is 0 Å². The molecule has 1 aliphatic heterocycles. The highest BCUT2D eigenvalue weighted by molar-refractivity contribution is 5.82. The molecule has 4 rings (SSSR count). The van der Waals surface area contributed by atoms with Gasteiger partial charge in [0.25, 0.3) is 0 Å². The summed E-state index contributed by atoms with van der Waals surface area (Å²) in [6, 6.07) is 7.20. The van der Waals surface area contributed by atoms with Gasteiger partial charge in [0, 0.05) is 30.4 Å². The van der Waals surface area contributed by atoms with Gasteiger partial charge in [-0.2, -0.15) is 0 Å². The number of nitrogens with zero attached hydrogens (tertiary/aromatic N) is 3. The number of benzene rings is 1. The van der Waals surface area contributed by atoms with Crippen LogP contribution in [0.4, 0.5) is 0 Å². The Balaban J connectivity index is 1.48. The highest BCUT2D eigenvalue weighted by atomic mass is 16.6. The summed E-state index contributed by atoms with van der Waals surface area (Å²) in [4.78, 5) is 32.6. The molecular weight excluding hydrogens is 296 g/mol. The van der Waals surface area contributed by atoms with Crippen molar-refractivity contribution in [1.82, 2.24) is 14.9 Å². The summed E-state index contributed by atoms with van der Waals surface area (Å²) in [5.41, 5.74) is 1.93. The Bertz CT molecular complexity index is 739. The van der Waals surface area contributed by atoms with Gasteiger partial charge in [-0.05, 0) is 25.0 Å². The summed E-state index contributed by atoms with van der Waals surface area (Å²) in [7, 11) is 0. The Morgan fingerprint density at radius 2 is 2.22 bits per heavy atom. The standard InChI is InChI=1S/C16H18N4O3/c21-16(11-8-14(11)20(22)23)19-7-3-4-10(9-19)15-17-12-5-1-2-6-13(12)18-15/h1-2,5-6,10-11,14H,3-4,7-9H2,(H,17,18)/t10-,11-,14-/m1/s1. The van der Waals surface area contributed by atoms with Gasteiger partial charge in [0.1, 0.15) is 11.7 Å². The molecule has 0 bridgehead atoms. The zero-order chi connectivity index (χ0) is 16.0. The van der Waals surface area contributed by atoms with Crippen LogP contribution in [0.3, 0.4) is 0 Å². The van der Waals surface area contributed by atoms with Crippen LogP contribution in [-0.2, 0) is 4.79 Å². The average Bonchev–Trinajstić information content (AvgIpc) is 3.26. The number of hydrogen-bond donors (Lipinski definition) is 1. The van der Waals surface area contributed by atoms with Crippen molar-refractivity contribution in [2.24, 2.45) is 5.92 Å². The Kier molecular flexibility index (Phi) is 3.28. The lowest BCUT2D eigenvalue weighted by Gasteiger charge is -2.31. The minimum Gasteiger partial charge on any atom is -0.342 e. The third kappa shape index (κ3) is 2.56. The molecule has 2 aromatic rings. The van der Waals surface area contributed by atoms with E-state index in [4.69, 9.17) is 0 Å². The van der Waals surface area contributed by atoms with E-state index < -0.39 is 12.0 Å². The first-order valence-electron chi connectivity index (χ1n) is 8.00. The lowest BCUT2D eigenvalue weighted by atomic mass is 9.97. The molecular formula is C16H18N4O3. The number of nitro groups is 1. The first-order valence-corrected chi connectivity index (χ1v) is 8.00. The zero-order valence-electron chi connectivity index (χ0n) is 12.6. The summed E-state index contributed by atoms with van der Waals surface area (Å²) in [5.74, 6) is 0.602. The van der Waals surface area contributed by atoms with Gasteiger partial charge in [-0.15, -0.1) is 0 Å². The van der Waals surface area contributed by atoms with Crippen LogP contribution in [0.5, 0.6) is 0 Å². The number of amides is 1. The lowest BCUT2D eigenvalue weighted by molar-refractivity contribution is -0.497. The summed E-state index contributed by atoms with van der Waals surface area (Å²) in [6.45, 7) is 1.29. The molecule has 0 unspecified atom stereocenters. The molecule has 2 aliphatic rings. The maximum absolute atomic E-state index is 12.4. The molecule has 1 aromatic heterocycles. The van der Waals surface area contributed by atoms with E-state index in [1.807, 2.05) is 24.3 Å². The van der Waals surface area contributed by atoms with Gasteiger partial charge >= 0.3 is 0 Å². The Hall–Kier alpha value is -2.44. The normalized spacial score (nSPS) is 27.1. The van der Waals surface area contributed by atoms with Gasteiger partial charge in [-0.3, -0.25) is 14.9 Å². The van der Waals surface area contributed by atoms with Crippen molar-refractivity contribution in [3.05, 3.63) is 40.2 Å². The average molecular weight is 314 g/mol. The van der Waals surface area contributed by atoms with Crippen LogP contribution in [-0.4, -0.2) is 44.8 Å². The summed E-state index contributed by atoms with van der Waals surface area (Å²) in [5, 5.41) is 10.8. The van der Waals surface area contributed by atoms with Gasteiger partial charge in [-0.25, -0.2) is 4.98 Å². The second-order valence-electron chi connectivity index (χ2n) is 6.46. The molecule has 1 aromatic carbocycles. The first-order chi connectivity index (χ1) is 11.1. The number of hydrogen-bond acceptors (Lipinski definition) is 4. The lowest BCUT2D eigenvalue weighted by Crippen LogP contribution is -2.41. The molecule has 2 fully saturated rings. The predicted octanol–water partition coefficient (Wildman–Crippen LogP) is 1.93. The van der Waals surface area contributed by atoms with Crippen molar-refractivity contribution >= 4 is 16.9 Å². The molecule has 0 radical (unpaired) electrons. The fourth-order valence-electron chi connectivity index (χ4n) is 3.48. The van der Waals surface area contributed by atoms with Gasteiger partial charge in [-0.1, -0.05) is 12.1 Å². The molecule has 7 nitrogen and oxygen atoms in total. The van der Waals surface area contributed by atoms with E-state index in [9.17, 15) is 14.9 Å². The molecule has 2 heterocycles. The Labute approximate surface area is 132 Å². The third-order valence-corrected chi connectivity index (χ3v) is 4.87. The highest BCUT2D eigenvalue weighted by Crippen LogP contribution is 2.36. The molecule has 1 amide bonds. The van der Waals surface area contributed by atoms with E-state index >= 15 is 0 Å². The van der Waals surface area contributed by atoms with E-state index in [1.54, 1.807) is 4.90 Å². The monoisotopic (exact) mass is 314 g/mol. The largest absolute Gasteiger partial charge is 0.342 e. The number of fused-ring (bicyclic) bond motifs is 1. The molecule has 1 saturated carbocycles. The second-order valence-corrected chi connectivity index (χ2v) is 6.46. The number of H-pyrrole nitrogens is 1. The van der Waals surface area contributed by atoms with E-state index in [0.717, 1.165) is 29.7 Å². The number of aromatic amines is 1. The molecule has 23 heavy (non-hydrogen) atoms. The van der Waals surface area contributed by atoms with E-state index in [-0.39, 0.29) is 16.7 Å². The molecule has 1 aliphatic carbocycles. The van der Waals surface area contributed by atoms with Gasteiger partial charge in [0.2, 0.25) is 11.9 Å². The molecule has 7 heteroatoms. The maximum Gasteiger partial charge on any atom is 0.232 e. The van der Waals surface area contributed by atoms with Crippen molar-refractivity contribution in [2.45, 2.75) is 31.2 Å². The Morgan fingerprint density at radius 1 is 1.39 bits per heavy atom. The van der Waals surface area contributed by atoms with Crippen LogP contribution in [0.25, 0.3) is 11.0 Å². The second kappa shape index (κ2) is 5.33. The van der Waals surface area contributed by atoms with Crippen LogP contribution in [0.15, 0.2) is 24.3 Å². The fourth-order valence-corrected chi connectivity index (χ4v) is 3.48. The van der Waals surface area contributed by atoms with Crippen LogP contribution >= 0.6 is 0 Å². The summed E-state index contributed by atoms with van der Waals surface area (Å²) in [6.07, 6.45) is 2.27. The SMILES string of the molecule is O=C([C@@H]1C[C@H]1[N+](=O)[O-])N1CCC[C@@H](c2nc3ccccc3[nH]2)C1. The number of rotatable bonds is 3. The Morgan fingerprint density at radius 3 is 2.96 bits per heavy atom. The number of likely N-dealkylation sites (tertiary alicyclic amines) is 1. The van der Waals surface area contributed by atoms with E-state index in [0.29, 0.717) is 19.5 Å². The number of piperidine rings is 1. The maximum atomic E-state index is 12.4. The van der Waals surface area contributed by atoms with E-state index in [1.165, 1.54) is 0 Å². The smallest absolute Gasteiger partial charge is 0.232 e. The summed E-state index contributed by atoms with van der Waals surface area (Å²) < 4.78 is 0. The van der Waals surface area contributed by atoms with Crippen molar-refractivity contribution in [3.63, 3.8) is 0 Å². The number of nitrogens with one attached hydrogen (secondary N) is 1. The molecule has 3 atom stereocenters. The first kappa shape index (κ1) is 14.2. The number of carbonyl (C=O) groups excluding carboxylic acids is 1. The predicted molar refractivity (Wildman–Crippen MR) is 83.5 cm³/mol. The fraction of sp³-hybridized carbons (Fsp3) is 0.500. The van der Waals surface area contributed by atoms with Crippen LogP contribution in [0, 0.1) is 16.0 Å². The van der Waals surface area contributed by atoms with Gasteiger partial charge in [0.15, 0.2) is 0 Å². The minimum absolute atomic E-state index is 0.0625. The van der Waals surface area contributed by atoms with Crippen molar-refractivity contribution in [2.75, 3.05) is 13.1 Å². The van der Waals surface area contributed by atoms with Crippen molar-refractivity contribution in [3.8, 4) is 0 Å².